The normalized spacial score (nSPS) is 33.8. The molecule has 9 nitrogen and oxygen atoms in total. The van der Waals surface area contributed by atoms with Crippen LogP contribution in [-0.2, 0) is 16.1 Å². The van der Waals surface area contributed by atoms with Crippen molar-refractivity contribution in [3.8, 4) is 0 Å². The number of benzene rings is 1. The fraction of sp³-hybridized carbons (Fsp3) is 0.471. The van der Waals surface area contributed by atoms with E-state index in [-0.39, 0.29) is 6.61 Å². The molecule has 5 atom stereocenters. The fourth-order valence-corrected chi connectivity index (χ4v) is 3.20. The molecule has 0 bridgehead atoms. The number of halogens is 1. The van der Waals surface area contributed by atoms with Crippen molar-refractivity contribution in [3.05, 3.63) is 47.1 Å². The number of carbonyl (C=O) groups excluding carboxylic acids is 1. The summed E-state index contributed by atoms with van der Waals surface area (Å²) in [6, 6.07) is 6.29. The average molecular weight is 400 g/mol. The number of hydrogen-bond acceptors (Lipinski definition) is 7. The maximum Gasteiger partial charge on any atom is 0.329 e. The molecule has 0 radical (unpaired) electrons. The zero-order valence-corrected chi connectivity index (χ0v) is 15.4. The van der Waals surface area contributed by atoms with Gasteiger partial charge in [0.25, 0.3) is 5.91 Å². The van der Waals surface area contributed by atoms with Gasteiger partial charge >= 0.3 is 6.03 Å². The van der Waals surface area contributed by atoms with Gasteiger partial charge in [0.1, 0.15) is 18.4 Å². The predicted octanol–water partition coefficient (Wildman–Crippen LogP) is -0.211. The topological polar surface area (TPSA) is 129 Å². The van der Waals surface area contributed by atoms with Crippen molar-refractivity contribution in [1.29, 1.82) is 0 Å². The number of aliphatic hydroxyl groups excluding tert-OH is 3. The summed E-state index contributed by atoms with van der Waals surface area (Å²) in [5.74, 6) is -2.06. The maximum absolute atomic E-state index is 12.7. The number of nitrogens with two attached hydrogens (primary N) is 1. The SMILES string of the molecule is CN1C(=O)N([C@]2(OCc3ccccc3Cl)O[C@H](CO)[C@@H](O)[C@H]2O)C=CC1N. The summed E-state index contributed by atoms with van der Waals surface area (Å²) in [6.07, 6.45) is -2.08. The van der Waals surface area contributed by atoms with Crippen LogP contribution in [0.2, 0.25) is 5.02 Å². The predicted molar refractivity (Wildman–Crippen MR) is 95.1 cm³/mol. The highest BCUT2D eigenvalue weighted by molar-refractivity contribution is 6.31. The van der Waals surface area contributed by atoms with Gasteiger partial charge < -0.3 is 35.4 Å². The van der Waals surface area contributed by atoms with Crippen LogP contribution < -0.4 is 5.73 Å². The second-order valence-corrected chi connectivity index (χ2v) is 6.79. The Morgan fingerprint density at radius 3 is 2.70 bits per heavy atom. The van der Waals surface area contributed by atoms with Crippen molar-refractivity contribution in [2.24, 2.45) is 5.73 Å². The largest absolute Gasteiger partial charge is 0.394 e. The van der Waals surface area contributed by atoms with Crippen LogP contribution in [0.5, 0.6) is 0 Å². The Morgan fingerprint density at radius 1 is 1.37 bits per heavy atom. The Balaban J connectivity index is 1.96. The lowest BCUT2D eigenvalue weighted by molar-refractivity contribution is -0.319. The molecule has 3 rings (SSSR count). The number of hydrogen-bond donors (Lipinski definition) is 4. The van der Waals surface area contributed by atoms with Gasteiger partial charge in [0.05, 0.1) is 13.2 Å². The van der Waals surface area contributed by atoms with E-state index in [9.17, 15) is 20.1 Å². The van der Waals surface area contributed by atoms with E-state index in [1.54, 1.807) is 24.3 Å². The van der Waals surface area contributed by atoms with Crippen molar-refractivity contribution < 1.29 is 29.6 Å². The first-order valence-electron chi connectivity index (χ1n) is 8.34. The zero-order valence-electron chi connectivity index (χ0n) is 14.6. The number of likely N-dealkylation sites (N-methyl/N-ethyl adjacent to an activating group) is 1. The summed E-state index contributed by atoms with van der Waals surface area (Å²) in [6.45, 7) is -0.689. The Morgan fingerprint density at radius 2 is 2.07 bits per heavy atom. The molecular weight excluding hydrogens is 378 g/mol. The first kappa shape index (κ1) is 20.0. The summed E-state index contributed by atoms with van der Waals surface area (Å²) in [5, 5.41) is 30.8. The molecule has 0 saturated carbocycles. The number of rotatable bonds is 5. The van der Waals surface area contributed by atoms with Gasteiger partial charge in [-0.05, 0) is 17.7 Å². The number of amides is 2. The lowest BCUT2D eigenvalue weighted by Gasteiger charge is -2.44. The Hall–Kier alpha value is -1.72. The molecule has 27 heavy (non-hydrogen) atoms. The number of carbonyl (C=O) groups is 1. The minimum atomic E-state index is -2.06. The summed E-state index contributed by atoms with van der Waals surface area (Å²) >= 11 is 6.14. The van der Waals surface area contributed by atoms with Crippen LogP contribution in [0.15, 0.2) is 36.5 Å². The highest BCUT2D eigenvalue weighted by Crippen LogP contribution is 2.38. The van der Waals surface area contributed by atoms with Gasteiger partial charge in [-0.3, -0.25) is 0 Å². The summed E-state index contributed by atoms with van der Waals surface area (Å²) in [4.78, 5) is 15.0. The van der Waals surface area contributed by atoms with Gasteiger partial charge in [0, 0.05) is 18.3 Å². The molecule has 5 N–H and O–H groups in total. The van der Waals surface area contributed by atoms with Gasteiger partial charge in [-0.1, -0.05) is 29.8 Å². The number of aliphatic hydroxyl groups is 3. The van der Waals surface area contributed by atoms with Crippen LogP contribution in [0.3, 0.4) is 0 Å². The molecule has 0 aromatic heterocycles. The Bertz CT molecular complexity index is 734. The van der Waals surface area contributed by atoms with E-state index < -0.39 is 43.0 Å². The smallest absolute Gasteiger partial charge is 0.329 e. The summed E-state index contributed by atoms with van der Waals surface area (Å²) in [5.41, 5.74) is 6.41. The molecule has 148 valence electrons. The molecule has 2 aliphatic rings. The van der Waals surface area contributed by atoms with E-state index in [0.29, 0.717) is 10.6 Å². The quantitative estimate of drug-likeness (QED) is 0.539. The fourth-order valence-electron chi connectivity index (χ4n) is 3.01. The van der Waals surface area contributed by atoms with E-state index in [1.807, 2.05) is 0 Å². The van der Waals surface area contributed by atoms with Crippen molar-refractivity contribution in [1.82, 2.24) is 9.80 Å². The van der Waals surface area contributed by atoms with Crippen molar-refractivity contribution in [2.75, 3.05) is 13.7 Å². The zero-order chi connectivity index (χ0) is 19.8. The third kappa shape index (κ3) is 3.43. The average Bonchev–Trinajstić information content (AvgIpc) is 2.91. The summed E-state index contributed by atoms with van der Waals surface area (Å²) < 4.78 is 11.5. The number of urea groups is 1. The molecule has 2 heterocycles. The first-order chi connectivity index (χ1) is 12.8. The maximum atomic E-state index is 12.7. The minimum absolute atomic E-state index is 0.116. The summed E-state index contributed by atoms with van der Waals surface area (Å²) in [7, 11) is 1.48. The number of ether oxygens (including phenoxy) is 2. The van der Waals surface area contributed by atoms with Crippen LogP contribution >= 0.6 is 11.6 Å². The second kappa shape index (κ2) is 7.72. The molecule has 10 heteroatoms. The second-order valence-electron chi connectivity index (χ2n) is 6.38. The molecule has 1 fully saturated rings. The molecular formula is C17H22ClN3O6. The van der Waals surface area contributed by atoms with Crippen molar-refractivity contribution in [3.63, 3.8) is 0 Å². The molecule has 2 amide bonds. The molecule has 1 saturated heterocycles. The molecule has 1 unspecified atom stereocenters. The molecule has 0 spiro atoms. The third-order valence-electron chi connectivity index (χ3n) is 4.69. The monoisotopic (exact) mass is 399 g/mol. The van der Waals surface area contributed by atoms with Crippen LogP contribution in [0.4, 0.5) is 4.79 Å². The van der Waals surface area contributed by atoms with E-state index in [1.165, 1.54) is 24.2 Å². The van der Waals surface area contributed by atoms with E-state index in [0.717, 1.165) is 4.90 Å². The standard InChI is InChI=1S/C17H22ClN3O6/c1-20-13(19)6-7-21(16(20)25)17(15(24)14(23)12(8-22)27-17)26-9-10-4-2-3-5-11(10)18/h2-7,12-15,22-24H,8-9,19H2,1H3/t12-,13?,14-,15-,17-/m1/s1. The van der Waals surface area contributed by atoms with Crippen molar-refractivity contribution in [2.45, 2.75) is 37.0 Å². The Kier molecular flexibility index (Phi) is 5.73. The lowest BCUT2D eigenvalue weighted by atomic mass is 10.1. The van der Waals surface area contributed by atoms with Gasteiger partial charge in [-0.2, -0.15) is 0 Å². The minimum Gasteiger partial charge on any atom is -0.394 e. The lowest BCUT2D eigenvalue weighted by Crippen LogP contribution is -2.64. The van der Waals surface area contributed by atoms with E-state index >= 15 is 0 Å². The van der Waals surface area contributed by atoms with Gasteiger partial charge in [0.15, 0.2) is 6.10 Å². The van der Waals surface area contributed by atoms with E-state index in [4.69, 9.17) is 26.8 Å². The van der Waals surface area contributed by atoms with Crippen LogP contribution in [-0.4, -0.2) is 75.2 Å². The van der Waals surface area contributed by atoms with Crippen LogP contribution in [0.25, 0.3) is 0 Å². The van der Waals surface area contributed by atoms with Crippen molar-refractivity contribution >= 4 is 17.6 Å². The molecule has 0 aliphatic carbocycles. The van der Waals surface area contributed by atoms with Gasteiger partial charge in [-0.25, -0.2) is 9.69 Å². The molecule has 2 aliphatic heterocycles. The Labute approximate surface area is 161 Å². The first-order valence-corrected chi connectivity index (χ1v) is 8.72. The highest BCUT2D eigenvalue weighted by atomic mass is 35.5. The molecule has 1 aromatic rings. The van der Waals surface area contributed by atoms with Crippen LogP contribution in [0, 0.1) is 0 Å². The van der Waals surface area contributed by atoms with Gasteiger partial charge in [-0.15, -0.1) is 0 Å². The third-order valence-corrected chi connectivity index (χ3v) is 5.06. The number of nitrogens with zero attached hydrogens (tertiary/aromatic N) is 2. The van der Waals surface area contributed by atoms with Crippen LogP contribution in [0.1, 0.15) is 5.56 Å². The van der Waals surface area contributed by atoms with E-state index in [2.05, 4.69) is 0 Å². The van der Waals surface area contributed by atoms with Gasteiger partial charge in [0.2, 0.25) is 0 Å². The molecule has 1 aromatic carbocycles. The highest BCUT2D eigenvalue weighted by Gasteiger charge is 2.61.